The van der Waals surface area contributed by atoms with Crippen LogP contribution in [-0.4, -0.2) is 44.9 Å². The topological polar surface area (TPSA) is 84.5 Å². The van der Waals surface area contributed by atoms with Crippen LogP contribution in [0.2, 0.25) is 0 Å². The molecule has 0 aromatic heterocycles. The zero-order valence-electron chi connectivity index (χ0n) is 9.97. The molecule has 0 aromatic rings. The SMILES string of the molecule is CCS(=O)(=O)N[C@H]1[C@H]2CCO[C@H]2[C@@H]1NC(C)=O. The van der Waals surface area contributed by atoms with Gasteiger partial charge in [0.2, 0.25) is 15.9 Å². The first-order valence-electron chi connectivity index (χ1n) is 5.83. The van der Waals surface area contributed by atoms with Crippen LogP contribution in [0.1, 0.15) is 20.3 Å². The smallest absolute Gasteiger partial charge is 0.217 e. The minimum Gasteiger partial charge on any atom is -0.376 e. The maximum absolute atomic E-state index is 11.6. The van der Waals surface area contributed by atoms with Crippen LogP contribution in [0.25, 0.3) is 0 Å². The summed E-state index contributed by atoms with van der Waals surface area (Å²) in [5.41, 5.74) is 0. The molecule has 1 saturated carbocycles. The second-order valence-electron chi connectivity index (χ2n) is 4.56. The highest BCUT2D eigenvalue weighted by atomic mass is 32.2. The minimum absolute atomic E-state index is 0.0385. The van der Waals surface area contributed by atoms with Crippen LogP contribution in [0.4, 0.5) is 0 Å². The number of hydrogen-bond donors (Lipinski definition) is 2. The minimum atomic E-state index is -3.24. The van der Waals surface area contributed by atoms with Crippen LogP contribution < -0.4 is 10.0 Å². The summed E-state index contributed by atoms with van der Waals surface area (Å²) in [5.74, 6) is 0.0759. The number of nitrogens with one attached hydrogen (secondary N) is 2. The number of rotatable bonds is 4. The van der Waals surface area contributed by atoms with Crippen molar-refractivity contribution in [2.75, 3.05) is 12.4 Å². The Morgan fingerprint density at radius 1 is 1.41 bits per heavy atom. The third-order valence-electron chi connectivity index (χ3n) is 3.45. The van der Waals surface area contributed by atoms with Crippen molar-refractivity contribution >= 4 is 15.9 Å². The molecule has 0 radical (unpaired) electrons. The zero-order valence-corrected chi connectivity index (χ0v) is 10.8. The molecule has 4 atom stereocenters. The van der Waals surface area contributed by atoms with E-state index in [4.69, 9.17) is 4.74 Å². The van der Waals surface area contributed by atoms with Crippen molar-refractivity contribution in [2.45, 2.75) is 38.5 Å². The summed E-state index contributed by atoms with van der Waals surface area (Å²) < 4.78 is 31.3. The lowest BCUT2D eigenvalue weighted by molar-refractivity contribution is -0.123. The van der Waals surface area contributed by atoms with Crippen LogP contribution in [0.5, 0.6) is 0 Å². The van der Waals surface area contributed by atoms with Crippen LogP contribution >= 0.6 is 0 Å². The third kappa shape index (κ3) is 2.46. The van der Waals surface area contributed by atoms with Crippen LogP contribution in [0, 0.1) is 5.92 Å². The zero-order chi connectivity index (χ0) is 12.6. The second kappa shape index (κ2) is 4.55. The maximum atomic E-state index is 11.6. The Balaban J connectivity index is 2.06. The average Bonchev–Trinajstić information content (AvgIpc) is 2.68. The lowest BCUT2D eigenvalue weighted by atomic mass is 9.72. The molecular weight excluding hydrogens is 244 g/mol. The Bertz CT molecular complexity index is 409. The molecule has 0 bridgehead atoms. The number of fused-ring (bicyclic) bond motifs is 1. The van der Waals surface area contributed by atoms with Crippen molar-refractivity contribution in [3.8, 4) is 0 Å². The van der Waals surface area contributed by atoms with E-state index >= 15 is 0 Å². The molecule has 1 saturated heterocycles. The lowest BCUT2D eigenvalue weighted by Gasteiger charge is -2.47. The van der Waals surface area contributed by atoms with E-state index in [0.717, 1.165) is 6.42 Å². The van der Waals surface area contributed by atoms with Crippen molar-refractivity contribution in [3.05, 3.63) is 0 Å². The van der Waals surface area contributed by atoms with Gasteiger partial charge in [-0.05, 0) is 13.3 Å². The van der Waals surface area contributed by atoms with Gasteiger partial charge in [0.15, 0.2) is 0 Å². The molecule has 2 fully saturated rings. The Morgan fingerprint density at radius 3 is 2.71 bits per heavy atom. The predicted molar refractivity (Wildman–Crippen MR) is 61.8 cm³/mol. The molecule has 0 unspecified atom stereocenters. The number of hydrogen-bond acceptors (Lipinski definition) is 4. The molecule has 2 aliphatic rings. The van der Waals surface area contributed by atoms with Gasteiger partial charge in [-0.15, -0.1) is 0 Å². The lowest BCUT2D eigenvalue weighted by Crippen LogP contribution is -2.70. The molecule has 7 heteroatoms. The summed E-state index contributed by atoms with van der Waals surface area (Å²) in [5, 5.41) is 2.76. The van der Waals surface area contributed by atoms with E-state index in [1.54, 1.807) is 6.92 Å². The molecule has 1 aliphatic heterocycles. The molecule has 1 aliphatic carbocycles. The van der Waals surface area contributed by atoms with Gasteiger partial charge in [-0.3, -0.25) is 4.79 Å². The van der Waals surface area contributed by atoms with E-state index in [-0.39, 0.29) is 35.8 Å². The molecule has 2 N–H and O–H groups in total. The van der Waals surface area contributed by atoms with Gasteiger partial charge in [0.25, 0.3) is 0 Å². The number of ether oxygens (including phenoxy) is 1. The van der Waals surface area contributed by atoms with Crippen LogP contribution in [-0.2, 0) is 19.6 Å². The van der Waals surface area contributed by atoms with Gasteiger partial charge in [0.05, 0.1) is 17.9 Å². The van der Waals surface area contributed by atoms with Crippen molar-refractivity contribution < 1.29 is 17.9 Å². The summed E-state index contributed by atoms with van der Waals surface area (Å²) in [6.07, 6.45) is 0.806. The Kier molecular flexibility index (Phi) is 3.42. The van der Waals surface area contributed by atoms with Gasteiger partial charge >= 0.3 is 0 Å². The summed E-state index contributed by atoms with van der Waals surface area (Å²) in [6.45, 7) is 3.65. The predicted octanol–water partition coefficient (Wildman–Crippen LogP) is -0.782. The second-order valence-corrected chi connectivity index (χ2v) is 6.60. The normalized spacial score (nSPS) is 36.1. The van der Waals surface area contributed by atoms with Crippen molar-refractivity contribution in [1.82, 2.24) is 10.0 Å². The molecule has 1 amide bonds. The van der Waals surface area contributed by atoms with Gasteiger partial charge in [-0.1, -0.05) is 0 Å². The Hall–Kier alpha value is -0.660. The summed E-state index contributed by atoms with van der Waals surface area (Å²) >= 11 is 0. The highest BCUT2D eigenvalue weighted by Crippen LogP contribution is 2.39. The standard InChI is InChI=1S/C10H18N2O4S/c1-3-17(14,15)12-8-7-4-5-16-10(7)9(8)11-6(2)13/h7-10,12H,3-5H2,1-2H3,(H,11,13)/t7-,8+,9-,10-/m1/s1. The van der Waals surface area contributed by atoms with Crippen molar-refractivity contribution in [3.63, 3.8) is 0 Å². The van der Waals surface area contributed by atoms with Gasteiger partial charge < -0.3 is 10.1 Å². The number of carbonyl (C=O) groups is 1. The number of sulfonamides is 1. The first-order chi connectivity index (χ1) is 7.94. The monoisotopic (exact) mass is 262 g/mol. The third-order valence-corrected chi connectivity index (χ3v) is 4.84. The van der Waals surface area contributed by atoms with E-state index in [2.05, 4.69) is 10.0 Å². The highest BCUT2D eigenvalue weighted by molar-refractivity contribution is 7.89. The fourth-order valence-electron chi connectivity index (χ4n) is 2.57. The molecule has 0 aromatic carbocycles. The maximum Gasteiger partial charge on any atom is 0.217 e. The van der Waals surface area contributed by atoms with Crippen LogP contribution in [0.3, 0.4) is 0 Å². The van der Waals surface area contributed by atoms with Crippen molar-refractivity contribution in [1.29, 1.82) is 0 Å². The fraction of sp³-hybridized carbons (Fsp3) is 0.900. The Morgan fingerprint density at radius 2 is 2.12 bits per heavy atom. The summed E-state index contributed by atoms with van der Waals surface area (Å²) in [6, 6.07) is -0.460. The first-order valence-corrected chi connectivity index (χ1v) is 7.48. The van der Waals surface area contributed by atoms with Crippen LogP contribution in [0.15, 0.2) is 0 Å². The molecule has 98 valence electrons. The molecule has 0 spiro atoms. The Labute approximate surface area is 101 Å². The number of amides is 1. The quantitative estimate of drug-likeness (QED) is 0.696. The van der Waals surface area contributed by atoms with Gasteiger partial charge in [-0.2, -0.15) is 0 Å². The van der Waals surface area contributed by atoms with E-state index in [1.165, 1.54) is 6.92 Å². The first kappa shape index (κ1) is 12.8. The average molecular weight is 262 g/mol. The molecule has 1 heterocycles. The van der Waals surface area contributed by atoms with E-state index in [0.29, 0.717) is 6.61 Å². The van der Waals surface area contributed by atoms with Crippen molar-refractivity contribution in [2.24, 2.45) is 5.92 Å². The van der Waals surface area contributed by atoms with E-state index < -0.39 is 10.0 Å². The summed E-state index contributed by atoms with van der Waals surface area (Å²) in [7, 11) is -3.24. The molecule has 2 rings (SSSR count). The molecule has 6 nitrogen and oxygen atoms in total. The van der Waals surface area contributed by atoms with Gasteiger partial charge in [0, 0.05) is 25.5 Å². The summed E-state index contributed by atoms with van der Waals surface area (Å²) in [4.78, 5) is 11.1. The van der Waals surface area contributed by atoms with Gasteiger partial charge in [-0.25, -0.2) is 13.1 Å². The largest absolute Gasteiger partial charge is 0.376 e. The van der Waals surface area contributed by atoms with E-state index in [9.17, 15) is 13.2 Å². The number of carbonyl (C=O) groups excluding carboxylic acids is 1. The molecule has 17 heavy (non-hydrogen) atoms. The molecular formula is C10H18N2O4S. The fourth-order valence-corrected chi connectivity index (χ4v) is 3.47. The highest BCUT2D eigenvalue weighted by Gasteiger charge is 2.55. The van der Waals surface area contributed by atoms with E-state index in [1.807, 2.05) is 0 Å². The van der Waals surface area contributed by atoms with Gasteiger partial charge in [0.1, 0.15) is 0 Å².